The minimum absolute atomic E-state index is 0. The summed E-state index contributed by atoms with van der Waals surface area (Å²) in [4.78, 5) is 60.4. The lowest BCUT2D eigenvalue weighted by atomic mass is 9.95. The van der Waals surface area contributed by atoms with Crippen LogP contribution >= 0.6 is 12.4 Å². The number of rotatable bonds is 15. The maximum absolute atomic E-state index is 14.0. The van der Waals surface area contributed by atoms with Gasteiger partial charge in [-0.05, 0) is 152 Å². The molecular weight excluding hydrogens is 1010 g/mol. The first-order valence-electron chi connectivity index (χ1n) is 28.7. The Labute approximate surface area is 465 Å². The number of amides is 1. The van der Waals surface area contributed by atoms with E-state index in [1.54, 1.807) is 0 Å². The van der Waals surface area contributed by atoms with Gasteiger partial charge in [0, 0.05) is 133 Å². The number of anilines is 2. The molecule has 0 bridgehead atoms. The van der Waals surface area contributed by atoms with Crippen molar-refractivity contribution in [2.45, 2.75) is 182 Å². The van der Waals surface area contributed by atoms with Gasteiger partial charge in [-0.3, -0.25) is 14.4 Å². The highest BCUT2D eigenvalue weighted by molar-refractivity contribution is 6.09. The van der Waals surface area contributed by atoms with Crippen LogP contribution in [0.1, 0.15) is 194 Å². The Morgan fingerprint density at radius 3 is 1.40 bits per heavy atom. The zero-order chi connectivity index (χ0) is 54.9. The third kappa shape index (κ3) is 13.2. The van der Waals surface area contributed by atoms with E-state index in [1.165, 1.54) is 25.7 Å². The number of pyridine rings is 2. The molecule has 6 heterocycles. The van der Waals surface area contributed by atoms with Crippen molar-refractivity contribution in [3.63, 3.8) is 0 Å². The van der Waals surface area contributed by atoms with E-state index in [1.807, 2.05) is 52.8 Å². The van der Waals surface area contributed by atoms with E-state index in [-0.39, 0.29) is 36.0 Å². The molecule has 2 aliphatic carbocycles. The van der Waals surface area contributed by atoms with Crippen LogP contribution in [0.15, 0.2) is 54.8 Å². The van der Waals surface area contributed by atoms with Gasteiger partial charge in [0.1, 0.15) is 22.7 Å². The van der Waals surface area contributed by atoms with Crippen LogP contribution in [0.5, 0.6) is 0 Å². The van der Waals surface area contributed by atoms with Gasteiger partial charge in [0.15, 0.2) is 0 Å². The number of benzene rings is 2. The quantitative estimate of drug-likeness (QED) is 0.0651. The van der Waals surface area contributed by atoms with E-state index in [0.29, 0.717) is 59.1 Å². The van der Waals surface area contributed by atoms with Gasteiger partial charge in [0.2, 0.25) is 0 Å². The van der Waals surface area contributed by atoms with Crippen LogP contribution in [-0.4, -0.2) is 78.6 Å². The van der Waals surface area contributed by atoms with Gasteiger partial charge < -0.3 is 54.2 Å². The van der Waals surface area contributed by atoms with Gasteiger partial charge in [-0.1, -0.05) is 39.5 Å². The molecule has 2 saturated carbocycles. The molecule has 6 N–H and O–H groups in total. The summed E-state index contributed by atoms with van der Waals surface area (Å²) in [6, 6.07) is 13.0. The average Bonchev–Trinajstić information content (AvgIpc) is 4.34. The summed E-state index contributed by atoms with van der Waals surface area (Å²) in [5, 5.41) is 14.8. The summed E-state index contributed by atoms with van der Waals surface area (Å²) in [7, 11) is 0. The van der Waals surface area contributed by atoms with Crippen LogP contribution in [0, 0.1) is 27.7 Å². The van der Waals surface area contributed by atoms with Crippen LogP contribution in [0.3, 0.4) is 0 Å². The number of hydrogen-bond donors (Lipinski definition) is 5. The van der Waals surface area contributed by atoms with Crippen molar-refractivity contribution in [2.24, 2.45) is 5.73 Å². The number of halogens is 1. The highest BCUT2D eigenvalue weighted by Gasteiger charge is 2.32. The normalized spacial score (nSPS) is 16.4. The van der Waals surface area contributed by atoms with E-state index in [4.69, 9.17) is 24.0 Å². The Morgan fingerprint density at radius 1 is 0.603 bits per heavy atom. The zero-order valence-electron chi connectivity index (χ0n) is 47.4. The Hall–Kier alpha value is -5.87. The summed E-state index contributed by atoms with van der Waals surface area (Å²) < 4.78 is 23.9. The molecule has 16 heteroatoms. The molecule has 15 nitrogen and oxygen atoms in total. The van der Waals surface area contributed by atoms with Crippen molar-refractivity contribution in [2.75, 3.05) is 49.3 Å². The molecule has 2 aliphatic heterocycles. The van der Waals surface area contributed by atoms with Crippen molar-refractivity contribution in [1.29, 1.82) is 0 Å². The summed E-state index contributed by atoms with van der Waals surface area (Å²) in [6.07, 6.45) is 14.7. The molecule has 0 spiro atoms. The number of ether oxygens (including phenoxy) is 2. The Bertz CT molecular complexity index is 3130. The number of carboxylic acid groups (broad SMARTS) is 1. The minimum Gasteiger partial charge on any atom is -0.478 e. The molecule has 78 heavy (non-hydrogen) atoms. The topological polar surface area (TPSA) is 209 Å². The van der Waals surface area contributed by atoms with Crippen LogP contribution in [0.4, 0.5) is 11.4 Å². The lowest BCUT2D eigenvalue weighted by Crippen LogP contribution is -2.40. The number of H-pyrrole nitrogens is 2. The van der Waals surface area contributed by atoms with Gasteiger partial charge in [-0.2, -0.15) is 0 Å². The van der Waals surface area contributed by atoms with E-state index in [2.05, 4.69) is 64.1 Å². The van der Waals surface area contributed by atoms with Gasteiger partial charge in [0.25, 0.3) is 17.0 Å². The molecule has 6 aromatic rings. The van der Waals surface area contributed by atoms with E-state index < -0.39 is 5.97 Å². The SMILES string of the molecule is CCc1c(N(CC)C2CCOCC2)cc2oc(C3CCCC3)cc2c1C(=O)NCc1c(C)cc(C)[nH]c1=O.CCc1c(N(CC)C2CCOCC2)cc2oc(C3CCCC3)cc2c1C(=O)O.Cc1cc(C)c(CN)c(=O)[nH]1.Cl. The number of furan rings is 2. The summed E-state index contributed by atoms with van der Waals surface area (Å²) >= 11 is 0. The lowest BCUT2D eigenvalue weighted by molar-refractivity contribution is 0.0697. The molecule has 424 valence electrons. The Balaban J connectivity index is 0.000000193. The van der Waals surface area contributed by atoms with E-state index in [0.717, 1.165) is 176 Å². The van der Waals surface area contributed by atoms with Gasteiger partial charge >= 0.3 is 5.97 Å². The lowest BCUT2D eigenvalue weighted by Gasteiger charge is -2.37. The standard InChI is InChI=1S/C31H41N3O4.C23H31NO4.C8H12N2O.ClH/c1-5-23-26(34(6-2)22-11-13-37-14-12-22)17-28-24(16-27(38-28)21-9-7-8-10-21)29(23)31(36)32-18-25-19(3)15-20(4)33-30(25)35;1-3-17-19(24(4-2)16-9-11-27-12-10-16)14-21-18(22(17)23(25)26)13-20(28-21)15-7-5-6-8-15;1-5-3-6(2)10-8(11)7(5)4-9;/h15-17,21-22H,5-14,18H2,1-4H3,(H,32,36)(H,33,35);13-16H,3-12H2,1-2H3,(H,25,26);3H,4,9H2,1-2H3,(H,10,11);1H. The van der Waals surface area contributed by atoms with Crippen molar-refractivity contribution >= 4 is 57.6 Å². The second-order valence-corrected chi connectivity index (χ2v) is 21.6. The van der Waals surface area contributed by atoms with Crippen LogP contribution < -0.4 is 32.0 Å². The first-order chi connectivity index (χ1) is 37.2. The van der Waals surface area contributed by atoms with Gasteiger partial charge in [-0.15, -0.1) is 12.4 Å². The maximum Gasteiger partial charge on any atom is 0.336 e. The second kappa shape index (κ2) is 27.3. The fraction of sp³-hybridized carbons (Fsp3) is 0.548. The fourth-order valence-electron chi connectivity index (χ4n) is 12.8. The average molecular weight is 1090 g/mol. The Kier molecular flexibility index (Phi) is 21.0. The number of nitrogens with two attached hydrogens (primary N) is 1. The number of carboxylic acids is 1. The molecule has 0 unspecified atom stereocenters. The third-order valence-corrected chi connectivity index (χ3v) is 16.7. The predicted octanol–water partition coefficient (Wildman–Crippen LogP) is 12.1. The second-order valence-electron chi connectivity index (χ2n) is 21.6. The Morgan fingerprint density at radius 2 is 1.01 bits per heavy atom. The third-order valence-electron chi connectivity index (χ3n) is 16.7. The van der Waals surface area contributed by atoms with Crippen molar-refractivity contribution in [3.05, 3.63) is 125 Å². The maximum atomic E-state index is 14.0. The first kappa shape index (κ1) is 59.8. The molecule has 4 fully saturated rings. The van der Waals surface area contributed by atoms with Crippen LogP contribution in [-0.2, 0) is 35.4 Å². The number of hydrogen-bond acceptors (Lipinski definition) is 11. The number of aromatic amines is 2. The summed E-state index contributed by atoms with van der Waals surface area (Å²) in [5.74, 6) is 1.79. The smallest absolute Gasteiger partial charge is 0.336 e. The molecule has 2 saturated heterocycles. The summed E-state index contributed by atoms with van der Waals surface area (Å²) in [6.45, 7) is 21.2. The first-order valence-corrected chi connectivity index (χ1v) is 28.7. The van der Waals surface area contributed by atoms with Crippen LogP contribution in [0.25, 0.3) is 21.9 Å². The van der Waals surface area contributed by atoms with Crippen molar-refractivity contribution in [1.82, 2.24) is 15.3 Å². The molecule has 0 atom stereocenters. The predicted molar refractivity (Wildman–Crippen MR) is 314 cm³/mol. The number of carbonyl (C=O) groups excluding carboxylic acids is 1. The van der Waals surface area contributed by atoms with Gasteiger partial charge in [-0.25, -0.2) is 4.79 Å². The van der Waals surface area contributed by atoms with Crippen molar-refractivity contribution in [3.8, 4) is 0 Å². The number of carbonyl (C=O) groups is 2. The molecule has 4 aromatic heterocycles. The molecule has 2 aromatic carbocycles. The minimum atomic E-state index is -0.856. The highest BCUT2D eigenvalue weighted by atomic mass is 35.5. The van der Waals surface area contributed by atoms with E-state index >= 15 is 0 Å². The highest BCUT2D eigenvalue weighted by Crippen LogP contribution is 2.43. The van der Waals surface area contributed by atoms with Gasteiger partial charge in [0.05, 0.1) is 11.1 Å². The van der Waals surface area contributed by atoms with E-state index in [9.17, 15) is 24.3 Å². The zero-order valence-corrected chi connectivity index (χ0v) is 48.2. The molecule has 0 radical (unpaired) electrons. The number of aromatic nitrogens is 2. The number of aryl methyl sites for hydroxylation is 4. The summed E-state index contributed by atoms with van der Waals surface area (Å²) in [5.41, 5.74) is 16.6. The number of nitrogens with one attached hydrogen (secondary N) is 3. The number of nitrogens with zero attached hydrogens (tertiary/aromatic N) is 2. The molecule has 10 rings (SSSR count). The largest absolute Gasteiger partial charge is 0.478 e. The van der Waals surface area contributed by atoms with Crippen molar-refractivity contribution < 1.29 is 33.0 Å². The molecular formula is C62H85ClN6O9. The molecule has 1 amide bonds. The fourth-order valence-corrected chi connectivity index (χ4v) is 12.8. The molecule has 4 aliphatic rings. The number of aromatic carboxylic acids is 1. The van der Waals surface area contributed by atoms with Crippen LogP contribution in [0.2, 0.25) is 0 Å². The number of fused-ring (bicyclic) bond motifs is 2. The monoisotopic (exact) mass is 1090 g/mol.